The van der Waals surface area contributed by atoms with Crippen molar-refractivity contribution in [2.24, 2.45) is 5.92 Å². The van der Waals surface area contributed by atoms with Gasteiger partial charge in [0.05, 0.1) is 19.8 Å². The Morgan fingerprint density at radius 2 is 1.95 bits per heavy atom. The average molecular weight is 298 g/mol. The van der Waals surface area contributed by atoms with E-state index in [9.17, 15) is 0 Å². The Labute approximate surface area is 130 Å². The van der Waals surface area contributed by atoms with Gasteiger partial charge in [-0.25, -0.2) is 0 Å². The van der Waals surface area contributed by atoms with Crippen molar-refractivity contribution in [1.82, 2.24) is 10.2 Å². The quantitative estimate of drug-likeness (QED) is 0.697. The van der Waals surface area contributed by atoms with Gasteiger partial charge in [-0.05, 0) is 25.2 Å². The number of methoxy groups -OCH3 is 1. The molecule has 1 heterocycles. The van der Waals surface area contributed by atoms with Crippen molar-refractivity contribution >= 4 is 0 Å². The van der Waals surface area contributed by atoms with Crippen molar-refractivity contribution in [3.8, 4) is 0 Å². The fourth-order valence-electron chi connectivity index (χ4n) is 3.89. The third-order valence-electron chi connectivity index (χ3n) is 4.99. The maximum atomic E-state index is 5.69. The first-order valence-electron chi connectivity index (χ1n) is 8.71. The number of nitrogens with one attached hydrogen (secondary N) is 1. The zero-order valence-electron chi connectivity index (χ0n) is 14.2. The largest absolute Gasteiger partial charge is 0.382 e. The van der Waals surface area contributed by atoms with Gasteiger partial charge in [-0.2, -0.15) is 0 Å². The first-order chi connectivity index (χ1) is 10.2. The molecule has 1 aliphatic heterocycles. The van der Waals surface area contributed by atoms with E-state index in [1.807, 2.05) is 0 Å². The van der Waals surface area contributed by atoms with E-state index in [0.717, 1.165) is 25.6 Å². The van der Waals surface area contributed by atoms with E-state index < -0.39 is 0 Å². The molecule has 1 unspecified atom stereocenters. The van der Waals surface area contributed by atoms with Crippen LogP contribution in [-0.2, 0) is 9.47 Å². The summed E-state index contributed by atoms with van der Waals surface area (Å²) < 4.78 is 10.7. The lowest BCUT2D eigenvalue weighted by Crippen LogP contribution is -2.63. The zero-order chi connectivity index (χ0) is 15.1. The third-order valence-corrected chi connectivity index (χ3v) is 4.99. The van der Waals surface area contributed by atoms with E-state index in [1.54, 1.807) is 7.11 Å². The minimum Gasteiger partial charge on any atom is -0.382 e. The van der Waals surface area contributed by atoms with Gasteiger partial charge in [0.25, 0.3) is 0 Å². The first-order valence-corrected chi connectivity index (χ1v) is 8.71. The molecule has 1 aliphatic carbocycles. The number of nitrogens with zero attached hydrogens (tertiary/aromatic N) is 1. The highest BCUT2D eigenvalue weighted by molar-refractivity contribution is 5.01. The molecular weight excluding hydrogens is 264 g/mol. The number of rotatable bonds is 8. The van der Waals surface area contributed by atoms with Crippen molar-refractivity contribution in [3.05, 3.63) is 0 Å². The molecule has 21 heavy (non-hydrogen) atoms. The Bertz CT molecular complexity index is 291. The van der Waals surface area contributed by atoms with E-state index in [0.29, 0.717) is 24.8 Å². The van der Waals surface area contributed by atoms with Crippen LogP contribution in [0.1, 0.15) is 46.0 Å². The van der Waals surface area contributed by atoms with Gasteiger partial charge in [0.2, 0.25) is 0 Å². The van der Waals surface area contributed by atoms with Crippen LogP contribution in [0.15, 0.2) is 0 Å². The number of ether oxygens (including phenoxy) is 2. The maximum absolute atomic E-state index is 5.69. The molecule has 2 rings (SSSR count). The molecule has 124 valence electrons. The molecular formula is C17H34N2O2. The smallest absolute Gasteiger partial charge is 0.0700 e. The summed E-state index contributed by atoms with van der Waals surface area (Å²) in [6.07, 6.45) is 6.76. The topological polar surface area (TPSA) is 33.7 Å². The second-order valence-corrected chi connectivity index (χ2v) is 7.23. The normalized spacial score (nSPS) is 26.0. The van der Waals surface area contributed by atoms with Gasteiger partial charge in [0.1, 0.15) is 0 Å². The van der Waals surface area contributed by atoms with Crippen molar-refractivity contribution in [3.63, 3.8) is 0 Å². The Morgan fingerprint density at radius 3 is 2.62 bits per heavy atom. The van der Waals surface area contributed by atoms with Gasteiger partial charge >= 0.3 is 0 Å². The number of hydrogen-bond donors (Lipinski definition) is 1. The monoisotopic (exact) mass is 298 g/mol. The van der Waals surface area contributed by atoms with Crippen LogP contribution < -0.4 is 5.32 Å². The first kappa shape index (κ1) is 17.2. The van der Waals surface area contributed by atoms with Gasteiger partial charge in [-0.1, -0.05) is 26.7 Å². The predicted octanol–water partition coefficient (Wildman–Crippen LogP) is 2.28. The van der Waals surface area contributed by atoms with E-state index in [-0.39, 0.29) is 0 Å². The van der Waals surface area contributed by atoms with E-state index >= 15 is 0 Å². The summed E-state index contributed by atoms with van der Waals surface area (Å²) in [5.74, 6) is 0.756. The molecule has 0 aromatic rings. The minimum absolute atomic E-state index is 0.403. The Morgan fingerprint density at radius 1 is 1.19 bits per heavy atom. The second-order valence-electron chi connectivity index (χ2n) is 7.23. The molecule has 1 saturated carbocycles. The van der Waals surface area contributed by atoms with E-state index in [1.165, 1.54) is 38.6 Å². The summed E-state index contributed by atoms with van der Waals surface area (Å²) in [6.45, 7) is 10.3. The zero-order valence-corrected chi connectivity index (χ0v) is 14.2. The summed E-state index contributed by atoms with van der Waals surface area (Å²) in [5.41, 5.74) is 0.403. The average Bonchev–Trinajstić information content (AvgIpc) is 2.89. The van der Waals surface area contributed by atoms with Gasteiger partial charge in [0.15, 0.2) is 0 Å². The summed E-state index contributed by atoms with van der Waals surface area (Å²) >= 11 is 0. The third kappa shape index (κ3) is 5.20. The van der Waals surface area contributed by atoms with Crippen LogP contribution in [0.4, 0.5) is 0 Å². The van der Waals surface area contributed by atoms with Crippen LogP contribution >= 0.6 is 0 Å². The van der Waals surface area contributed by atoms with Crippen LogP contribution in [0, 0.1) is 5.92 Å². The van der Waals surface area contributed by atoms with Gasteiger partial charge in [-0.15, -0.1) is 0 Å². The predicted molar refractivity (Wildman–Crippen MR) is 86.7 cm³/mol. The van der Waals surface area contributed by atoms with Gasteiger partial charge < -0.3 is 14.8 Å². The van der Waals surface area contributed by atoms with Crippen LogP contribution in [0.3, 0.4) is 0 Å². The lowest BCUT2D eigenvalue weighted by Gasteiger charge is -2.47. The van der Waals surface area contributed by atoms with Crippen LogP contribution in [0.5, 0.6) is 0 Å². The molecule has 2 fully saturated rings. The molecule has 0 bridgehead atoms. The second kappa shape index (κ2) is 8.47. The Kier molecular flexibility index (Phi) is 6.93. The van der Waals surface area contributed by atoms with Crippen LogP contribution in [0.25, 0.3) is 0 Å². The van der Waals surface area contributed by atoms with Crippen molar-refractivity contribution in [2.75, 3.05) is 46.6 Å². The van der Waals surface area contributed by atoms with Crippen LogP contribution in [-0.4, -0.2) is 63.0 Å². The summed E-state index contributed by atoms with van der Waals surface area (Å²) in [5, 5.41) is 3.89. The maximum Gasteiger partial charge on any atom is 0.0700 e. The molecule has 2 aliphatic rings. The molecule has 4 heteroatoms. The standard InChI is InChI=1S/C17H34N2O2/c1-15(2)12-16-13-18-17(6-4-5-7-17)14-19(16)8-9-21-11-10-20-3/h15-16,18H,4-14H2,1-3H3. The van der Waals surface area contributed by atoms with Gasteiger partial charge in [0, 0.05) is 38.3 Å². The summed E-state index contributed by atoms with van der Waals surface area (Å²) in [6, 6.07) is 0.669. The highest BCUT2D eigenvalue weighted by Gasteiger charge is 2.40. The van der Waals surface area contributed by atoms with Gasteiger partial charge in [-0.3, -0.25) is 4.90 Å². The fraction of sp³-hybridized carbons (Fsp3) is 1.00. The van der Waals surface area contributed by atoms with E-state index in [4.69, 9.17) is 9.47 Å². The lowest BCUT2D eigenvalue weighted by molar-refractivity contribution is 0.0210. The molecule has 1 atom stereocenters. The highest BCUT2D eigenvalue weighted by Crippen LogP contribution is 2.33. The Balaban J connectivity index is 1.83. The molecule has 1 saturated heterocycles. The fourth-order valence-corrected chi connectivity index (χ4v) is 3.89. The SMILES string of the molecule is COCCOCCN1CC2(CCCC2)NCC1CC(C)C. The molecule has 1 N–H and O–H groups in total. The van der Waals surface area contributed by atoms with Crippen LogP contribution in [0.2, 0.25) is 0 Å². The summed E-state index contributed by atoms with van der Waals surface area (Å²) in [7, 11) is 1.72. The molecule has 0 amide bonds. The van der Waals surface area contributed by atoms with Crippen molar-refractivity contribution in [2.45, 2.75) is 57.5 Å². The minimum atomic E-state index is 0.403. The lowest BCUT2D eigenvalue weighted by atomic mass is 9.90. The molecule has 0 aromatic carbocycles. The van der Waals surface area contributed by atoms with Crippen molar-refractivity contribution in [1.29, 1.82) is 0 Å². The van der Waals surface area contributed by atoms with Crippen molar-refractivity contribution < 1.29 is 9.47 Å². The van der Waals surface area contributed by atoms with E-state index in [2.05, 4.69) is 24.1 Å². The molecule has 4 nitrogen and oxygen atoms in total. The molecule has 0 aromatic heterocycles. The summed E-state index contributed by atoms with van der Waals surface area (Å²) in [4.78, 5) is 2.69. The highest BCUT2D eigenvalue weighted by atomic mass is 16.5. The molecule has 0 radical (unpaired) electrons. The number of hydrogen-bond acceptors (Lipinski definition) is 4. The number of piperazine rings is 1. The Hall–Kier alpha value is -0.160. The molecule has 1 spiro atoms.